The summed E-state index contributed by atoms with van der Waals surface area (Å²) in [6.45, 7) is 3.00. The van der Waals surface area contributed by atoms with Crippen LogP contribution in [0.15, 0.2) is 0 Å². The molecule has 0 radical (unpaired) electrons. The molecule has 0 saturated heterocycles. The van der Waals surface area contributed by atoms with E-state index < -0.39 is 60.8 Å². The predicted octanol–water partition coefficient (Wildman–Crippen LogP) is -1.68. The molecule has 0 fully saturated rings. The summed E-state index contributed by atoms with van der Waals surface area (Å²) in [6, 6.07) is -3.26. The first-order chi connectivity index (χ1) is 13.0. The second kappa shape index (κ2) is 12.9. The van der Waals surface area contributed by atoms with Crippen LogP contribution in [0.4, 0.5) is 0 Å². The summed E-state index contributed by atoms with van der Waals surface area (Å²) < 4.78 is 0. The molecule has 3 unspecified atom stereocenters. The topological polar surface area (TPSA) is 188 Å². The predicted molar refractivity (Wildman–Crippen MR) is 103 cm³/mol. The molecule has 0 aromatic carbocycles. The van der Waals surface area contributed by atoms with E-state index in [1.807, 2.05) is 0 Å². The van der Waals surface area contributed by atoms with Gasteiger partial charge in [0.2, 0.25) is 17.7 Å². The molecule has 0 rings (SSSR count). The van der Waals surface area contributed by atoms with Crippen LogP contribution in [0.2, 0.25) is 0 Å². The molecule has 3 amide bonds. The minimum absolute atomic E-state index is 0.00876. The second-order valence-electron chi connectivity index (χ2n) is 6.58. The van der Waals surface area contributed by atoms with E-state index in [9.17, 15) is 24.0 Å². The van der Waals surface area contributed by atoms with E-state index in [-0.39, 0.29) is 24.5 Å². The molecule has 0 aliphatic rings. The Morgan fingerprint density at radius 1 is 0.929 bits per heavy atom. The molecule has 0 aromatic rings. The van der Waals surface area contributed by atoms with Gasteiger partial charge in [-0.2, -0.15) is 12.6 Å². The van der Waals surface area contributed by atoms with Crippen molar-refractivity contribution in [3.63, 3.8) is 0 Å². The highest BCUT2D eigenvalue weighted by Gasteiger charge is 2.28. The number of nitrogens with one attached hydrogen (secondary N) is 3. The van der Waals surface area contributed by atoms with Crippen LogP contribution >= 0.6 is 12.6 Å². The summed E-state index contributed by atoms with van der Waals surface area (Å²) in [7, 11) is 0. The fourth-order valence-corrected chi connectivity index (χ4v) is 2.33. The van der Waals surface area contributed by atoms with E-state index >= 15 is 0 Å². The van der Waals surface area contributed by atoms with Crippen molar-refractivity contribution >= 4 is 42.3 Å². The number of hydrogen-bond donors (Lipinski definition) is 7. The minimum Gasteiger partial charge on any atom is -0.481 e. The fourth-order valence-electron chi connectivity index (χ4n) is 2.16. The highest BCUT2D eigenvalue weighted by Crippen LogP contribution is 2.07. The second-order valence-corrected chi connectivity index (χ2v) is 6.95. The third-order valence-corrected chi connectivity index (χ3v) is 3.96. The molecular weight excluding hydrogens is 392 g/mol. The smallest absolute Gasteiger partial charge is 0.322 e. The van der Waals surface area contributed by atoms with Crippen LogP contribution in [0.25, 0.3) is 0 Å². The minimum atomic E-state index is -1.24. The molecule has 28 heavy (non-hydrogen) atoms. The Morgan fingerprint density at radius 2 is 1.50 bits per heavy atom. The summed E-state index contributed by atoms with van der Waals surface area (Å²) in [6.07, 6.45) is -0.390. The van der Waals surface area contributed by atoms with Crippen LogP contribution < -0.4 is 21.7 Å². The summed E-state index contributed by atoms with van der Waals surface area (Å²) >= 11 is 3.89. The molecular formula is C16H28N4O7S. The molecule has 11 nitrogen and oxygen atoms in total. The first kappa shape index (κ1) is 25.7. The van der Waals surface area contributed by atoms with Crippen molar-refractivity contribution in [2.45, 2.75) is 51.2 Å². The van der Waals surface area contributed by atoms with Gasteiger partial charge in [-0.1, -0.05) is 13.8 Å². The fraction of sp³-hybridized carbons (Fsp3) is 0.688. The highest BCUT2D eigenvalue weighted by atomic mass is 32.1. The first-order valence-electron chi connectivity index (χ1n) is 8.66. The number of nitrogens with two attached hydrogens (primary N) is 1. The maximum absolute atomic E-state index is 12.6. The molecule has 0 bridgehead atoms. The zero-order valence-corrected chi connectivity index (χ0v) is 16.7. The lowest BCUT2D eigenvalue weighted by atomic mass is 10.0. The quantitative estimate of drug-likeness (QED) is 0.172. The summed E-state index contributed by atoms with van der Waals surface area (Å²) in [4.78, 5) is 58.1. The van der Waals surface area contributed by atoms with Gasteiger partial charge in [-0.05, 0) is 18.8 Å². The molecule has 0 heterocycles. The Balaban J connectivity index is 5.24. The van der Waals surface area contributed by atoms with Crippen molar-refractivity contribution in [3.05, 3.63) is 0 Å². The van der Waals surface area contributed by atoms with Crippen LogP contribution in [-0.2, 0) is 24.0 Å². The normalized spacial score (nSPS) is 13.9. The molecule has 12 heteroatoms. The Hall–Kier alpha value is -2.34. The molecule has 0 aliphatic heterocycles. The SMILES string of the molecule is CC(C)CC(NC(=O)C(CCC(=O)O)NC(=O)C(N)CS)C(=O)NCC(=O)O. The van der Waals surface area contributed by atoms with E-state index in [4.69, 9.17) is 15.9 Å². The zero-order valence-electron chi connectivity index (χ0n) is 15.8. The van der Waals surface area contributed by atoms with Gasteiger partial charge in [-0.15, -0.1) is 0 Å². The van der Waals surface area contributed by atoms with Crippen molar-refractivity contribution in [2.24, 2.45) is 11.7 Å². The lowest BCUT2D eigenvalue weighted by Crippen LogP contribution is -2.56. The Labute approximate surface area is 168 Å². The lowest BCUT2D eigenvalue weighted by Gasteiger charge is -2.24. The van der Waals surface area contributed by atoms with Gasteiger partial charge in [0.05, 0.1) is 6.04 Å². The van der Waals surface area contributed by atoms with Gasteiger partial charge >= 0.3 is 11.9 Å². The Morgan fingerprint density at radius 3 is 1.96 bits per heavy atom. The number of thiol groups is 1. The van der Waals surface area contributed by atoms with Crippen LogP contribution in [0.3, 0.4) is 0 Å². The van der Waals surface area contributed by atoms with Crippen molar-refractivity contribution in [1.82, 2.24) is 16.0 Å². The number of hydrogen-bond acceptors (Lipinski definition) is 7. The van der Waals surface area contributed by atoms with Gasteiger partial charge in [0.25, 0.3) is 0 Å². The molecule has 0 aliphatic carbocycles. The van der Waals surface area contributed by atoms with E-state index in [2.05, 4.69) is 28.6 Å². The highest BCUT2D eigenvalue weighted by molar-refractivity contribution is 7.80. The number of carboxylic acids is 2. The number of aliphatic carboxylic acids is 2. The van der Waals surface area contributed by atoms with Crippen LogP contribution in [0.1, 0.15) is 33.1 Å². The van der Waals surface area contributed by atoms with Crippen LogP contribution in [-0.4, -0.2) is 70.3 Å². The van der Waals surface area contributed by atoms with E-state index in [0.717, 1.165) is 0 Å². The average molecular weight is 420 g/mol. The van der Waals surface area contributed by atoms with Crippen molar-refractivity contribution < 1.29 is 34.2 Å². The van der Waals surface area contributed by atoms with Crippen molar-refractivity contribution in [3.8, 4) is 0 Å². The van der Waals surface area contributed by atoms with Gasteiger partial charge < -0.3 is 31.9 Å². The monoisotopic (exact) mass is 420 g/mol. The number of rotatable bonds is 13. The maximum Gasteiger partial charge on any atom is 0.322 e. The lowest BCUT2D eigenvalue weighted by molar-refractivity contribution is -0.138. The average Bonchev–Trinajstić information content (AvgIpc) is 2.60. The summed E-state index contributed by atoms with van der Waals surface area (Å²) in [5.74, 6) is -4.54. The third kappa shape index (κ3) is 10.7. The Kier molecular flexibility index (Phi) is 11.9. The number of amides is 3. The van der Waals surface area contributed by atoms with Gasteiger partial charge in [0.1, 0.15) is 18.6 Å². The molecule has 0 saturated carbocycles. The van der Waals surface area contributed by atoms with Gasteiger partial charge in [0.15, 0.2) is 0 Å². The molecule has 0 aromatic heterocycles. The van der Waals surface area contributed by atoms with Crippen LogP contribution in [0.5, 0.6) is 0 Å². The number of carboxylic acid groups (broad SMARTS) is 2. The third-order valence-electron chi connectivity index (χ3n) is 3.57. The Bertz CT molecular complexity index is 585. The largest absolute Gasteiger partial charge is 0.481 e. The molecule has 3 atom stereocenters. The van der Waals surface area contributed by atoms with Gasteiger partial charge in [-0.3, -0.25) is 24.0 Å². The number of carbonyl (C=O) groups is 5. The van der Waals surface area contributed by atoms with E-state index in [0.29, 0.717) is 0 Å². The maximum atomic E-state index is 12.6. The summed E-state index contributed by atoms with van der Waals surface area (Å²) in [5, 5.41) is 24.5. The van der Waals surface area contributed by atoms with E-state index in [1.165, 1.54) is 0 Å². The molecule has 160 valence electrons. The van der Waals surface area contributed by atoms with Gasteiger partial charge in [0, 0.05) is 12.2 Å². The van der Waals surface area contributed by atoms with Crippen molar-refractivity contribution in [1.29, 1.82) is 0 Å². The number of carbonyl (C=O) groups excluding carboxylic acids is 3. The zero-order chi connectivity index (χ0) is 21.9. The summed E-state index contributed by atoms with van der Waals surface area (Å²) in [5.41, 5.74) is 5.55. The van der Waals surface area contributed by atoms with Gasteiger partial charge in [-0.25, -0.2) is 0 Å². The standard InChI is InChI=1S/C16H28N4O7S/c1-8(2)5-11(15(26)18-6-13(23)24)20-16(27)10(3-4-12(21)22)19-14(25)9(17)7-28/h8-11,28H,3-7,17H2,1-2H3,(H,18,26)(H,19,25)(H,20,27)(H,21,22)(H,23,24). The van der Waals surface area contributed by atoms with Crippen molar-refractivity contribution in [2.75, 3.05) is 12.3 Å². The van der Waals surface area contributed by atoms with E-state index in [1.54, 1.807) is 13.8 Å². The molecule has 0 spiro atoms. The first-order valence-corrected chi connectivity index (χ1v) is 9.29. The van der Waals surface area contributed by atoms with Crippen LogP contribution in [0, 0.1) is 5.92 Å². The molecule has 7 N–H and O–H groups in total.